The molecule has 3 heterocycles. The number of hydrogen-bond acceptors (Lipinski definition) is 3. The number of carbonyl (C=O) groups is 1. The van der Waals surface area contributed by atoms with Gasteiger partial charge in [-0.15, -0.1) is 0 Å². The van der Waals surface area contributed by atoms with Crippen LogP contribution in [0.4, 0.5) is 13.2 Å². The molecule has 0 fully saturated rings. The fourth-order valence-electron chi connectivity index (χ4n) is 3.36. The number of benzene rings is 1. The molecule has 1 amide bonds. The largest absolute Gasteiger partial charge is 0.481 e. The highest BCUT2D eigenvalue weighted by Crippen LogP contribution is 2.35. The van der Waals surface area contributed by atoms with E-state index in [9.17, 15) is 18.0 Å². The summed E-state index contributed by atoms with van der Waals surface area (Å²) in [5, 5.41) is 3.66. The maximum absolute atomic E-state index is 13.1. The molecule has 0 unspecified atom stereocenters. The highest BCUT2D eigenvalue weighted by molar-refractivity contribution is 5.97. The normalized spacial score (nSPS) is 14.6. The van der Waals surface area contributed by atoms with Gasteiger partial charge in [-0.05, 0) is 35.7 Å². The lowest BCUT2D eigenvalue weighted by molar-refractivity contribution is -0.141. The van der Waals surface area contributed by atoms with Gasteiger partial charge in [0.2, 0.25) is 5.88 Å². The Morgan fingerprint density at radius 2 is 1.85 bits per heavy atom. The van der Waals surface area contributed by atoms with Crippen molar-refractivity contribution in [1.29, 1.82) is 0 Å². The summed E-state index contributed by atoms with van der Waals surface area (Å²) in [7, 11) is 3.13. The molecule has 1 aliphatic rings. The van der Waals surface area contributed by atoms with Crippen molar-refractivity contribution in [2.45, 2.75) is 12.6 Å². The van der Waals surface area contributed by atoms with E-state index in [1.165, 1.54) is 7.11 Å². The number of aromatic nitrogens is 2. The number of nitrogens with zero attached hydrogens (tertiary/aromatic N) is 3. The first kappa shape index (κ1) is 17.4. The van der Waals surface area contributed by atoms with Crippen LogP contribution in [0.15, 0.2) is 36.4 Å². The van der Waals surface area contributed by atoms with Crippen molar-refractivity contribution < 1.29 is 22.7 Å². The second-order valence-electron chi connectivity index (χ2n) is 6.46. The summed E-state index contributed by atoms with van der Waals surface area (Å²) >= 11 is 0. The minimum atomic E-state index is -4.55. The molecule has 5 nitrogen and oxygen atoms in total. The van der Waals surface area contributed by atoms with Crippen LogP contribution < -0.4 is 4.74 Å². The number of fused-ring (bicyclic) bond motifs is 2. The Labute approximate surface area is 153 Å². The van der Waals surface area contributed by atoms with Gasteiger partial charge in [0.05, 0.1) is 12.6 Å². The van der Waals surface area contributed by atoms with E-state index in [2.05, 4.69) is 5.10 Å². The van der Waals surface area contributed by atoms with Crippen molar-refractivity contribution in [2.24, 2.45) is 0 Å². The van der Waals surface area contributed by atoms with E-state index in [1.807, 2.05) is 6.07 Å². The fourth-order valence-corrected chi connectivity index (χ4v) is 3.36. The third-order valence-electron chi connectivity index (χ3n) is 4.80. The minimum absolute atomic E-state index is 0.0496. The summed E-state index contributed by atoms with van der Waals surface area (Å²) < 4.78 is 45.7. The Morgan fingerprint density at radius 1 is 1.11 bits per heavy atom. The molecule has 1 aromatic carbocycles. The summed E-state index contributed by atoms with van der Waals surface area (Å²) in [6.45, 7) is 0.609. The minimum Gasteiger partial charge on any atom is -0.481 e. The number of rotatable bonds is 2. The number of alkyl halides is 3. The van der Waals surface area contributed by atoms with Crippen LogP contribution in [0.25, 0.3) is 16.6 Å². The maximum Gasteiger partial charge on any atom is 0.435 e. The van der Waals surface area contributed by atoms with Crippen molar-refractivity contribution in [1.82, 2.24) is 14.5 Å². The summed E-state index contributed by atoms with van der Waals surface area (Å²) in [5.41, 5.74) is 2.14. The molecule has 140 valence electrons. The van der Waals surface area contributed by atoms with Gasteiger partial charge in [0.1, 0.15) is 0 Å². The number of pyridine rings is 1. The Balaban J connectivity index is 1.90. The quantitative estimate of drug-likeness (QED) is 0.687. The molecule has 0 radical (unpaired) electrons. The lowest BCUT2D eigenvalue weighted by Crippen LogP contribution is -2.34. The van der Waals surface area contributed by atoms with E-state index in [4.69, 9.17) is 4.74 Å². The molecule has 0 spiro atoms. The molecule has 0 atom stereocenters. The summed E-state index contributed by atoms with van der Waals surface area (Å²) in [6.07, 6.45) is -3.86. The van der Waals surface area contributed by atoms with Gasteiger partial charge in [0, 0.05) is 30.8 Å². The second kappa shape index (κ2) is 6.00. The van der Waals surface area contributed by atoms with E-state index in [0.717, 1.165) is 21.7 Å². The number of amides is 1. The Bertz CT molecular complexity index is 1060. The van der Waals surface area contributed by atoms with E-state index >= 15 is 0 Å². The zero-order valence-corrected chi connectivity index (χ0v) is 14.7. The molecule has 8 heteroatoms. The molecule has 2 aromatic heterocycles. The fraction of sp³-hybridized carbons (Fsp3) is 0.263. The number of likely N-dealkylation sites (N-methyl/N-ethyl adjacent to an activating group) is 1. The van der Waals surface area contributed by atoms with Crippen LogP contribution in [-0.4, -0.2) is 41.1 Å². The third kappa shape index (κ3) is 2.81. The summed E-state index contributed by atoms with van der Waals surface area (Å²) in [6, 6.07) is 9.63. The van der Waals surface area contributed by atoms with E-state index in [0.29, 0.717) is 29.6 Å². The topological polar surface area (TPSA) is 46.8 Å². The molecule has 0 saturated carbocycles. The van der Waals surface area contributed by atoms with Gasteiger partial charge in [-0.1, -0.05) is 12.1 Å². The first-order valence-electron chi connectivity index (χ1n) is 8.32. The van der Waals surface area contributed by atoms with Crippen LogP contribution >= 0.6 is 0 Å². The van der Waals surface area contributed by atoms with E-state index < -0.39 is 11.9 Å². The van der Waals surface area contributed by atoms with Gasteiger partial charge in [-0.3, -0.25) is 4.79 Å². The first-order valence-corrected chi connectivity index (χ1v) is 8.32. The van der Waals surface area contributed by atoms with Crippen LogP contribution in [0.2, 0.25) is 0 Å². The SMILES string of the molecule is COc1ccc(-c2ccc3c(c2)CCN(C)C3=O)c2cc(C(F)(F)F)nn12. The molecule has 0 aliphatic carbocycles. The molecule has 4 rings (SSSR count). The monoisotopic (exact) mass is 375 g/mol. The predicted molar refractivity (Wildman–Crippen MR) is 92.8 cm³/mol. The number of halogens is 3. The number of methoxy groups -OCH3 is 1. The lowest BCUT2D eigenvalue weighted by Gasteiger charge is -2.25. The average molecular weight is 375 g/mol. The number of hydrogen-bond donors (Lipinski definition) is 0. The molecule has 1 aliphatic heterocycles. The molecule has 3 aromatic rings. The smallest absolute Gasteiger partial charge is 0.435 e. The van der Waals surface area contributed by atoms with Gasteiger partial charge in [0.25, 0.3) is 5.91 Å². The van der Waals surface area contributed by atoms with Crippen molar-refractivity contribution in [3.8, 4) is 17.0 Å². The van der Waals surface area contributed by atoms with Crippen LogP contribution in [0.3, 0.4) is 0 Å². The highest BCUT2D eigenvalue weighted by Gasteiger charge is 2.35. The number of ether oxygens (including phenoxy) is 1. The molecule has 0 saturated heterocycles. The number of carbonyl (C=O) groups excluding carboxylic acids is 1. The van der Waals surface area contributed by atoms with Crippen LogP contribution in [0.5, 0.6) is 5.88 Å². The zero-order valence-electron chi connectivity index (χ0n) is 14.7. The van der Waals surface area contributed by atoms with E-state index in [1.54, 1.807) is 36.2 Å². The molecule has 0 N–H and O–H groups in total. The van der Waals surface area contributed by atoms with Crippen molar-refractivity contribution in [3.63, 3.8) is 0 Å². The van der Waals surface area contributed by atoms with Crippen LogP contribution in [0, 0.1) is 0 Å². The van der Waals surface area contributed by atoms with Gasteiger partial charge < -0.3 is 9.64 Å². The molecular weight excluding hydrogens is 359 g/mol. The second-order valence-corrected chi connectivity index (χ2v) is 6.46. The zero-order chi connectivity index (χ0) is 19.3. The molecule has 0 bridgehead atoms. The Hall–Kier alpha value is -3.03. The van der Waals surface area contributed by atoms with Gasteiger partial charge in [0.15, 0.2) is 5.69 Å². The summed E-state index contributed by atoms with van der Waals surface area (Å²) in [4.78, 5) is 13.9. The Kier molecular flexibility index (Phi) is 3.87. The third-order valence-corrected chi connectivity index (χ3v) is 4.80. The lowest BCUT2D eigenvalue weighted by atomic mass is 9.94. The van der Waals surface area contributed by atoms with Crippen LogP contribution in [-0.2, 0) is 12.6 Å². The maximum atomic E-state index is 13.1. The predicted octanol–water partition coefficient (Wildman–Crippen LogP) is 3.66. The molecular formula is C19H16F3N3O2. The first-order chi connectivity index (χ1) is 12.8. The van der Waals surface area contributed by atoms with Gasteiger partial charge in [-0.25, -0.2) is 0 Å². The standard InChI is InChI=1S/C19H16F3N3O2/c1-24-8-7-12-9-11(3-4-14(12)18(24)26)13-5-6-17(27-2)25-15(13)10-16(23-25)19(20,21)22/h3-6,9-10H,7-8H2,1-2H3. The van der Waals surface area contributed by atoms with E-state index in [-0.39, 0.29) is 11.8 Å². The van der Waals surface area contributed by atoms with Crippen molar-refractivity contribution in [2.75, 3.05) is 20.7 Å². The Morgan fingerprint density at radius 3 is 2.56 bits per heavy atom. The van der Waals surface area contributed by atoms with Crippen molar-refractivity contribution >= 4 is 11.4 Å². The van der Waals surface area contributed by atoms with Gasteiger partial charge >= 0.3 is 6.18 Å². The molecule has 27 heavy (non-hydrogen) atoms. The summed E-state index contributed by atoms with van der Waals surface area (Å²) in [5.74, 6) is 0.158. The van der Waals surface area contributed by atoms with Crippen molar-refractivity contribution in [3.05, 3.63) is 53.2 Å². The highest BCUT2D eigenvalue weighted by atomic mass is 19.4. The van der Waals surface area contributed by atoms with Crippen LogP contribution in [0.1, 0.15) is 21.6 Å². The average Bonchev–Trinajstić information content (AvgIpc) is 3.09. The van der Waals surface area contributed by atoms with Gasteiger partial charge in [-0.2, -0.15) is 22.8 Å².